The van der Waals surface area contributed by atoms with E-state index in [0.29, 0.717) is 43.1 Å². The third kappa shape index (κ3) is 4.67. The third-order valence-electron chi connectivity index (χ3n) is 4.33. The lowest BCUT2D eigenvalue weighted by molar-refractivity contribution is -0.194. The Morgan fingerprint density at radius 1 is 1.52 bits per heavy atom. The number of nitrogens with one attached hydrogen (secondary N) is 1. The molecule has 0 fully saturated rings. The van der Waals surface area contributed by atoms with Crippen molar-refractivity contribution in [2.75, 3.05) is 18.5 Å². The predicted molar refractivity (Wildman–Crippen MR) is 99.8 cm³/mol. The molecule has 0 radical (unpaired) electrons. The summed E-state index contributed by atoms with van der Waals surface area (Å²) in [6, 6.07) is 2.22. The van der Waals surface area contributed by atoms with E-state index in [9.17, 15) is 15.2 Å². The second-order valence-electron chi connectivity index (χ2n) is 6.12. The number of rotatable bonds is 7. The highest BCUT2D eigenvalue weighted by Crippen LogP contribution is 2.37. The van der Waals surface area contributed by atoms with Gasteiger partial charge in [0.25, 0.3) is 0 Å². The summed E-state index contributed by atoms with van der Waals surface area (Å²) in [4.78, 5) is 23.0. The van der Waals surface area contributed by atoms with Crippen LogP contribution in [0.15, 0.2) is 18.7 Å². The SMILES string of the molecule is CCOC(O)N1CCc2c(sc(NC(=O)CCc3cncnc3)c2C#N)C1. The first kappa shape index (κ1) is 19.4. The Labute approximate surface area is 161 Å². The van der Waals surface area contributed by atoms with Gasteiger partial charge in [0.2, 0.25) is 12.3 Å². The number of carbonyl (C=O) groups is 1. The quantitative estimate of drug-likeness (QED) is 0.695. The summed E-state index contributed by atoms with van der Waals surface area (Å²) in [6.07, 6.45) is 5.32. The van der Waals surface area contributed by atoms with E-state index >= 15 is 0 Å². The monoisotopic (exact) mass is 387 g/mol. The highest BCUT2D eigenvalue weighted by molar-refractivity contribution is 7.16. The molecule has 2 N–H and O–H groups in total. The van der Waals surface area contributed by atoms with Crippen molar-refractivity contribution >= 4 is 22.2 Å². The number of nitrogens with zero attached hydrogens (tertiary/aromatic N) is 4. The van der Waals surface area contributed by atoms with Crippen LogP contribution < -0.4 is 5.32 Å². The summed E-state index contributed by atoms with van der Waals surface area (Å²) in [7, 11) is 0. The summed E-state index contributed by atoms with van der Waals surface area (Å²) in [6.45, 7) is 3.34. The maximum Gasteiger partial charge on any atom is 0.225 e. The van der Waals surface area contributed by atoms with Gasteiger partial charge in [-0.1, -0.05) is 0 Å². The maximum absolute atomic E-state index is 12.3. The molecule has 0 aromatic carbocycles. The number of aliphatic hydroxyl groups is 1. The molecule has 142 valence electrons. The normalized spacial score (nSPS) is 15.0. The molecule has 3 rings (SSSR count). The molecular formula is C18H21N5O3S. The number of aryl methyl sites for hydroxylation is 1. The standard InChI is InChI=1S/C18H21N5O3S/c1-2-26-18(25)23-6-5-13-14(7-19)17(27-15(13)10-23)22-16(24)4-3-12-8-20-11-21-9-12/h8-9,11,18,25H,2-6,10H2,1H3,(H,22,24). The fourth-order valence-electron chi connectivity index (χ4n) is 2.98. The number of hydrogen-bond donors (Lipinski definition) is 2. The molecule has 0 saturated heterocycles. The summed E-state index contributed by atoms with van der Waals surface area (Å²) < 4.78 is 5.24. The highest BCUT2D eigenvalue weighted by atomic mass is 32.1. The van der Waals surface area contributed by atoms with Crippen molar-refractivity contribution in [3.8, 4) is 6.07 Å². The zero-order valence-corrected chi connectivity index (χ0v) is 15.8. The van der Waals surface area contributed by atoms with Crippen LogP contribution in [0.3, 0.4) is 0 Å². The summed E-state index contributed by atoms with van der Waals surface area (Å²) in [5.74, 6) is -0.153. The number of anilines is 1. The molecule has 1 amide bonds. The molecule has 0 aliphatic carbocycles. The van der Waals surface area contributed by atoms with E-state index in [1.54, 1.807) is 12.4 Å². The average molecular weight is 387 g/mol. The van der Waals surface area contributed by atoms with Crippen LogP contribution >= 0.6 is 11.3 Å². The van der Waals surface area contributed by atoms with E-state index in [-0.39, 0.29) is 12.3 Å². The molecule has 1 atom stereocenters. The Morgan fingerprint density at radius 2 is 2.30 bits per heavy atom. The van der Waals surface area contributed by atoms with Crippen molar-refractivity contribution in [1.29, 1.82) is 5.26 Å². The van der Waals surface area contributed by atoms with Crippen LogP contribution in [-0.4, -0.2) is 45.4 Å². The number of thiophene rings is 1. The fourth-order valence-corrected chi connectivity index (χ4v) is 4.22. The second-order valence-corrected chi connectivity index (χ2v) is 7.22. The minimum atomic E-state index is -0.957. The lowest BCUT2D eigenvalue weighted by Crippen LogP contribution is -2.40. The minimum Gasteiger partial charge on any atom is -0.356 e. The second kappa shape index (κ2) is 9.01. The van der Waals surface area contributed by atoms with Crippen molar-refractivity contribution < 1.29 is 14.6 Å². The van der Waals surface area contributed by atoms with Gasteiger partial charge in [-0.3, -0.25) is 4.79 Å². The molecule has 1 aliphatic rings. The van der Waals surface area contributed by atoms with Crippen molar-refractivity contribution in [2.45, 2.75) is 39.1 Å². The van der Waals surface area contributed by atoms with E-state index in [4.69, 9.17) is 4.74 Å². The van der Waals surface area contributed by atoms with Crippen LogP contribution in [0.4, 0.5) is 5.00 Å². The van der Waals surface area contributed by atoms with Crippen LogP contribution in [0.2, 0.25) is 0 Å². The van der Waals surface area contributed by atoms with Crippen molar-refractivity contribution in [2.24, 2.45) is 0 Å². The molecule has 9 heteroatoms. The molecule has 1 unspecified atom stereocenters. The van der Waals surface area contributed by atoms with Gasteiger partial charge in [0.05, 0.1) is 5.56 Å². The van der Waals surface area contributed by atoms with Crippen LogP contribution in [0.5, 0.6) is 0 Å². The molecule has 0 spiro atoms. The van der Waals surface area contributed by atoms with Gasteiger partial charge in [0, 0.05) is 43.4 Å². The van der Waals surface area contributed by atoms with Crippen LogP contribution in [0, 0.1) is 11.3 Å². The molecule has 0 saturated carbocycles. The first-order valence-corrected chi connectivity index (χ1v) is 9.56. The van der Waals surface area contributed by atoms with Crippen molar-refractivity contribution in [3.05, 3.63) is 40.3 Å². The first-order chi connectivity index (χ1) is 13.1. The van der Waals surface area contributed by atoms with E-state index in [1.165, 1.54) is 17.7 Å². The van der Waals surface area contributed by atoms with E-state index < -0.39 is 6.41 Å². The largest absolute Gasteiger partial charge is 0.356 e. The van der Waals surface area contributed by atoms with Gasteiger partial charge >= 0.3 is 0 Å². The fraction of sp³-hybridized carbons (Fsp3) is 0.444. The van der Waals surface area contributed by atoms with Crippen LogP contribution in [0.25, 0.3) is 0 Å². The number of aliphatic hydroxyl groups excluding tert-OH is 1. The van der Waals surface area contributed by atoms with Gasteiger partial charge in [-0.05, 0) is 30.9 Å². The highest BCUT2D eigenvalue weighted by Gasteiger charge is 2.28. The molecule has 2 aromatic heterocycles. The third-order valence-corrected chi connectivity index (χ3v) is 5.47. The van der Waals surface area contributed by atoms with Gasteiger partial charge in [-0.15, -0.1) is 11.3 Å². The Bertz CT molecular complexity index is 834. The number of amides is 1. The molecule has 8 nitrogen and oxygen atoms in total. The number of nitriles is 1. The molecule has 2 aromatic rings. The number of ether oxygens (including phenoxy) is 1. The van der Waals surface area contributed by atoms with Gasteiger partial charge in [0.1, 0.15) is 17.4 Å². The van der Waals surface area contributed by atoms with Crippen molar-refractivity contribution in [3.63, 3.8) is 0 Å². The number of aromatic nitrogens is 2. The molecular weight excluding hydrogens is 366 g/mol. The number of hydrogen-bond acceptors (Lipinski definition) is 8. The zero-order chi connectivity index (χ0) is 19.2. The molecule has 0 bridgehead atoms. The first-order valence-electron chi connectivity index (χ1n) is 8.74. The van der Waals surface area contributed by atoms with Crippen LogP contribution in [-0.2, 0) is 28.9 Å². The van der Waals surface area contributed by atoms with Gasteiger partial charge in [-0.25, -0.2) is 14.9 Å². The Kier molecular flexibility index (Phi) is 6.47. The summed E-state index contributed by atoms with van der Waals surface area (Å²) in [5, 5.41) is 23.0. The molecule has 27 heavy (non-hydrogen) atoms. The maximum atomic E-state index is 12.3. The number of carbonyl (C=O) groups excluding carboxylic acids is 1. The van der Waals surface area contributed by atoms with Gasteiger partial charge < -0.3 is 15.2 Å². The van der Waals surface area contributed by atoms with E-state index in [0.717, 1.165) is 16.0 Å². The topological polar surface area (TPSA) is 111 Å². The van der Waals surface area contributed by atoms with Gasteiger partial charge in [0.15, 0.2) is 0 Å². The predicted octanol–water partition coefficient (Wildman–Crippen LogP) is 1.65. The van der Waals surface area contributed by atoms with Gasteiger partial charge in [-0.2, -0.15) is 5.26 Å². The average Bonchev–Trinajstić information content (AvgIpc) is 3.03. The summed E-state index contributed by atoms with van der Waals surface area (Å²) >= 11 is 1.39. The van der Waals surface area contributed by atoms with E-state index in [1.807, 2.05) is 11.8 Å². The summed E-state index contributed by atoms with van der Waals surface area (Å²) in [5.41, 5.74) is 2.37. The van der Waals surface area contributed by atoms with Crippen LogP contribution in [0.1, 0.15) is 34.9 Å². The zero-order valence-electron chi connectivity index (χ0n) is 15.0. The van der Waals surface area contributed by atoms with E-state index in [2.05, 4.69) is 21.4 Å². The lowest BCUT2D eigenvalue weighted by atomic mass is 10.0. The Balaban J connectivity index is 1.66. The van der Waals surface area contributed by atoms with Crippen molar-refractivity contribution in [1.82, 2.24) is 14.9 Å². The Morgan fingerprint density at radius 3 is 3.00 bits per heavy atom. The molecule has 1 aliphatic heterocycles. The molecule has 3 heterocycles. The lowest BCUT2D eigenvalue weighted by Gasteiger charge is -2.30. The Hall–Kier alpha value is -2.38. The smallest absolute Gasteiger partial charge is 0.225 e. The minimum absolute atomic E-state index is 0.153. The number of fused-ring (bicyclic) bond motifs is 1.